The number of rotatable bonds is 69. The van der Waals surface area contributed by atoms with Gasteiger partial charge in [0.15, 0.2) is 0 Å². The Balaban J connectivity index is -0.000000300. The fourth-order valence-electron chi connectivity index (χ4n) is 17.8. The standard InChI is InChI=1S/C24H50.C20H42.C19H40.C17H36.C16H34.C15H32/c1-6-8-10-12-14-15-17-19-21-23(22-24(3,4)5)20-18-16-13-11-9-7-2;1-6-8-10-12-13-15-17-19(18-20(3,4)5)16-14-11-9-7-2;1-6-8-10-12-13-15-17-18(19(3,4)5)16-14-11-9-7-2;1-6-8-10-12-14-16(17(3,4)5)15-13-11-9-7-2;1-6-8-10-11-13-15(12-9-7-2)14-16(3,4)5;1-6-8-10-11-13-14(12-9-7-2)15(3,4)5/h23H,6-22H2,1-5H3;19H,6-18H2,1-5H3;18H,6-17H2,1-5H3;16H,6-15H2,1-5H3;15H,6-14H2,1-5H3;14H,6-13H2,1-5H3. The van der Waals surface area contributed by atoms with Crippen LogP contribution in [0.25, 0.3) is 0 Å². The van der Waals surface area contributed by atoms with Crippen molar-refractivity contribution in [3.8, 4) is 0 Å². The van der Waals surface area contributed by atoms with Gasteiger partial charge in [0.25, 0.3) is 0 Å². The Morgan fingerprint density at radius 2 is 0.234 bits per heavy atom. The first-order chi connectivity index (χ1) is 52.5. The number of hydrogen-bond acceptors (Lipinski definition) is 0. The fourth-order valence-corrected chi connectivity index (χ4v) is 17.8. The molecule has 0 aliphatic carbocycles. The average Bonchev–Trinajstić information content (AvgIpc) is 0.944. The van der Waals surface area contributed by atoms with Gasteiger partial charge in [0.05, 0.1) is 0 Å². The summed E-state index contributed by atoms with van der Waals surface area (Å²) in [6.07, 6.45) is 99.0. The summed E-state index contributed by atoms with van der Waals surface area (Å²) < 4.78 is 0. The van der Waals surface area contributed by atoms with Crippen molar-refractivity contribution in [1.29, 1.82) is 0 Å². The molecule has 0 aliphatic rings. The maximum Gasteiger partial charge on any atom is -0.0354 e. The second-order valence-electron chi connectivity index (χ2n) is 44.4. The monoisotopic (exact) mass is 1570 g/mol. The fraction of sp³-hybridized carbons (Fsp3) is 1.00. The Hall–Kier alpha value is 0. The lowest BCUT2D eigenvalue weighted by Gasteiger charge is -2.31. The van der Waals surface area contributed by atoms with E-state index in [0.29, 0.717) is 32.5 Å². The van der Waals surface area contributed by atoms with E-state index in [9.17, 15) is 0 Å². The minimum atomic E-state index is 0.507. The molecule has 0 nitrogen and oxygen atoms in total. The normalized spacial score (nSPS) is 13.5. The summed E-state index contributed by atoms with van der Waals surface area (Å²) in [5.41, 5.74) is 3.07. The van der Waals surface area contributed by atoms with Gasteiger partial charge in [0.1, 0.15) is 0 Å². The molecule has 0 aromatic rings. The van der Waals surface area contributed by atoms with Crippen LogP contribution >= 0.6 is 0 Å². The molecule has 0 amide bonds. The van der Waals surface area contributed by atoms with Crippen LogP contribution in [0.2, 0.25) is 0 Å². The lowest BCUT2D eigenvalue weighted by atomic mass is 9.75. The topological polar surface area (TPSA) is 0 Å². The van der Waals surface area contributed by atoms with Gasteiger partial charge in [-0.2, -0.15) is 0 Å². The van der Waals surface area contributed by atoms with Crippen molar-refractivity contribution >= 4 is 0 Å². The van der Waals surface area contributed by atoms with Crippen LogP contribution in [0.5, 0.6) is 0 Å². The Labute approximate surface area is 714 Å². The molecule has 0 aromatic heterocycles. The van der Waals surface area contributed by atoms with Crippen LogP contribution in [-0.2, 0) is 0 Å². The second-order valence-corrected chi connectivity index (χ2v) is 44.4. The lowest BCUT2D eigenvalue weighted by Crippen LogP contribution is -2.20. The van der Waals surface area contributed by atoms with E-state index < -0.39 is 0 Å². The van der Waals surface area contributed by atoms with E-state index in [0.717, 1.165) is 35.5 Å². The molecule has 0 aliphatic heterocycles. The van der Waals surface area contributed by atoms with Crippen LogP contribution in [0.1, 0.15) is 651 Å². The van der Waals surface area contributed by atoms with E-state index in [-0.39, 0.29) is 0 Å². The first kappa shape index (κ1) is 122. The van der Waals surface area contributed by atoms with Crippen molar-refractivity contribution in [1.82, 2.24) is 0 Å². The molecule has 0 N–H and O–H groups in total. The molecule has 0 heterocycles. The average molecular weight is 1570 g/mol. The van der Waals surface area contributed by atoms with E-state index in [1.807, 2.05) is 0 Å². The van der Waals surface area contributed by atoms with Crippen molar-refractivity contribution in [3.05, 3.63) is 0 Å². The minimum absolute atomic E-state index is 0.507. The van der Waals surface area contributed by atoms with Crippen LogP contribution in [0.15, 0.2) is 0 Å². The molecule has 0 heteroatoms. The molecule has 0 rings (SSSR count). The second kappa shape index (κ2) is 86.4. The molecule has 0 spiro atoms. The lowest BCUT2D eigenvalue weighted by molar-refractivity contribution is 0.201. The zero-order valence-electron chi connectivity index (χ0n) is 85.3. The number of hydrogen-bond donors (Lipinski definition) is 0. The predicted octanol–water partition coefficient (Wildman–Crippen LogP) is 43.0. The van der Waals surface area contributed by atoms with Crippen molar-refractivity contribution < 1.29 is 0 Å². The molecule has 111 heavy (non-hydrogen) atoms. The van der Waals surface area contributed by atoms with Gasteiger partial charge in [-0.15, -0.1) is 0 Å². The van der Waals surface area contributed by atoms with E-state index in [1.165, 1.54) is 443 Å². The molecule has 678 valence electrons. The van der Waals surface area contributed by atoms with Gasteiger partial charge in [-0.05, 0) is 126 Å². The Morgan fingerprint density at radius 3 is 0.378 bits per heavy atom. The van der Waals surface area contributed by atoms with Gasteiger partial charge in [-0.25, -0.2) is 0 Å². The highest BCUT2D eigenvalue weighted by molar-refractivity contribution is 4.78. The van der Waals surface area contributed by atoms with E-state index in [4.69, 9.17) is 0 Å². The van der Waals surface area contributed by atoms with Gasteiger partial charge in [0, 0.05) is 0 Å². The highest BCUT2D eigenvalue weighted by Crippen LogP contribution is 2.39. The molecule has 0 fully saturated rings. The molecule has 0 saturated heterocycles. The summed E-state index contributed by atoms with van der Waals surface area (Å²) in [6, 6.07) is 0. The van der Waals surface area contributed by atoms with Gasteiger partial charge in [-0.1, -0.05) is 593 Å². The Kier molecular flexibility index (Phi) is 94.8. The third-order valence-corrected chi connectivity index (χ3v) is 25.1. The molecule has 5 unspecified atom stereocenters. The highest BCUT2D eigenvalue weighted by atomic mass is 14.3. The quantitative estimate of drug-likeness (QED) is 0.0533. The summed E-state index contributed by atoms with van der Waals surface area (Å²) in [5, 5.41) is 0. The number of unbranched alkanes of at least 4 members (excludes halogenated alkanes) is 42. The molecule has 0 aromatic carbocycles. The summed E-state index contributed by atoms with van der Waals surface area (Å²) >= 11 is 0. The SMILES string of the molecule is CCCCCCC(CCCC)C(C)(C)C.CCCCCCC(CCCC)CC(C)(C)C.CCCCCCC(CCCCCC)C(C)(C)C.CCCCCCCCC(CCCCCC)C(C)(C)C.CCCCCCCCC(CCCCCC)CC(C)(C)C.CCCCCCCCCCC(CCCCCCCC)CC(C)(C)C. The maximum absolute atomic E-state index is 2.44. The first-order valence-electron chi connectivity index (χ1n) is 52.5. The minimum Gasteiger partial charge on any atom is -0.0654 e. The van der Waals surface area contributed by atoms with E-state index in [1.54, 1.807) is 0 Å². The van der Waals surface area contributed by atoms with Crippen molar-refractivity contribution in [2.75, 3.05) is 0 Å². The van der Waals surface area contributed by atoms with Crippen molar-refractivity contribution in [2.24, 2.45) is 68.0 Å². The third-order valence-electron chi connectivity index (χ3n) is 25.1. The Morgan fingerprint density at radius 1 is 0.126 bits per heavy atom. The summed E-state index contributed by atoms with van der Waals surface area (Å²) in [6.45, 7) is 71.1. The van der Waals surface area contributed by atoms with Crippen molar-refractivity contribution in [3.63, 3.8) is 0 Å². The van der Waals surface area contributed by atoms with Crippen LogP contribution in [0, 0.1) is 68.0 Å². The molecule has 0 saturated carbocycles. The van der Waals surface area contributed by atoms with Gasteiger partial charge in [0.2, 0.25) is 0 Å². The smallest absolute Gasteiger partial charge is 0.0354 e. The molecule has 5 atom stereocenters. The predicted molar refractivity (Wildman–Crippen MR) is 524 cm³/mol. The highest BCUT2D eigenvalue weighted by Gasteiger charge is 2.27. The molecule has 0 bridgehead atoms. The van der Waals surface area contributed by atoms with Crippen LogP contribution in [-0.4, -0.2) is 0 Å². The summed E-state index contributed by atoms with van der Waals surface area (Å²) in [7, 11) is 0. The van der Waals surface area contributed by atoms with Gasteiger partial charge < -0.3 is 0 Å². The maximum atomic E-state index is 2.44. The van der Waals surface area contributed by atoms with E-state index in [2.05, 4.69) is 208 Å². The zero-order chi connectivity index (χ0) is 85.3. The molecular weight excluding hydrogens is 1330 g/mol. The molecular formula is C111H234. The third kappa shape index (κ3) is 104. The summed E-state index contributed by atoms with van der Waals surface area (Å²) in [4.78, 5) is 0. The van der Waals surface area contributed by atoms with Crippen LogP contribution in [0.4, 0.5) is 0 Å². The van der Waals surface area contributed by atoms with Gasteiger partial charge in [-0.3, -0.25) is 0 Å². The van der Waals surface area contributed by atoms with Crippen LogP contribution in [0.3, 0.4) is 0 Å². The summed E-state index contributed by atoms with van der Waals surface area (Å²) in [5.74, 6) is 5.77. The first-order valence-corrected chi connectivity index (χ1v) is 52.5. The van der Waals surface area contributed by atoms with Crippen molar-refractivity contribution in [2.45, 2.75) is 651 Å². The largest absolute Gasteiger partial charge is 0.0654 e. The van der Waals surface area contributed by atoms with Crippen LogP contribution < -0.4 is 0 Å². The Bertz CT molecular complexity index is 1640. The molecule has 0 radical (unpaired) electrons. The van der Waals surface area contributed by atoms with Gasteiger partial charge >= 0.3 is 0 Å². The zero-order valence-corrected chi connectivity index (χ0v) is 85.3. The van der Waals surface area contributed by atoms with E-state index >= 15 is 0 Å².